The van der Waals surface area contributed by atoms with Gasteiger partial charge in [-0.1, -0.05) is 18.2 Å². The molecule has 0 saturated carbocycles. The molecule has 0 aliphatic carbocycles. The van der Waals surface area contributed by atoms with Crippen LogP contribution in [0.4, 0.5) is 13.2 Å². The molecule has 78 valence electrons. The van der Waals surface area contributed by atoms with Gasteiger partial charge in [-0.15, -0.1) is 13.2 Å². The third-order valence-electron chi connectivity index (χ3n) is 1.94. The number of hydrogen-bond acceptors (Lipinski definition) is 2. The zero-order chi connectivity index (χ0) is 11.1. The fraction of sp³-hybridized carbons (Fsp3) is 0.111. The Morgan fingerprint density at radius 2 is 1.87 bits per heavy atom. The van der Waals surface area contributed by atoms with Crippen LogP contribution in [0.2, 0.25) is 0 Å². The number of halogens is 3. The third-order valence-corrected chi connectivity index (χ3v) is 1.94. The highest BCUT2D eigenvalue weighted by molar-refractivity contribution is 5.77. The quantitative estimate of drug-likeness (QED) is 0.671. The SMILES string of the molecule is O=c1ncc2ccccc2n1C(F)(F)F. The number of rotatable bonds is 0. The normalized spacial score (nSPS) is 11.9. The molecular formula is C9H5F3N2O. The lowest BCUT2D eigenvalue weighted by Gasteiger charge is -2.11. The van der Waals surface area contributed by atoms with Crippen LogP contribution in [0.3, 0.4) is 0 Å². The van der Waals surface area contributed by atoms with Crippen molar-refractivity contribution in [3.05, 3.63) is 40.9 Å². The van der Waals surface area contributed by atoms with Gasteiger partial charge in [0.2, 0.25) is 0 Å². The minimum Gasteiger partial charge on any atom is -0.245 e. The van der Waals surface area contributed by atoms with Crippen molar-refractivity contribution < 1.29 is 13.2 Å². The van der Waals surface area contributed by atoms with E-state index in [4.69, 9.17) is 0 Å². The summed E-state index contributed by atoms with van der Waals surface area (Å²) in [4.78, 5) is 14.2. The van der Waals surface area contributed by atoms with E-state index in [0.717, 1.165) is 6.20 Å². The monoisotopic (exact) mass is 214 g/mol. The molecule has 1 heterocycles. The summed E-state index contributed by atoms with van der Waals surface area (Å²) in [6.07, 6.45) is -3.62. The van der Waals surface area contributed by atoms with Crippen LogP contribution in [0, 0.1) is 0 Å². The largest absolute Gasteiger partial charge is 0.493 e. The smallest absolute Gasteiger partial charge is 0.245 e. The minimum absolute atomic E-state index is 0.190. The summed E-state index contributed by atoms with van der Waals surface area (Å²) in [6.45, 7) is 0. The van der Waals surface area contributed by atoms with Crippen LogP contribution in [0.1, 0.15) is 0 Å². The van der Waals surface area contributed by atoms with E-state index in [9.17, 15) is 18.0 Å². The molecule has 0 atom stereocenters. The van der Waals surface area contributed by atoms with Gasteiger partial charge in [-0.25, -0.2) is 14.3 Å². The lowest BCUT2D eigenvalue weighted by Crippen LogP contribution is -2.32. The molecule has 1 aromatic carbocycles. The van der Waals surface area contributed by atoms with E-state index in [2.05, 4.69) is 4.98 Å². The average molecular weight is 214 g/mol. The summed E-state index contributed by atoms with van der Waals surface area (Å²) in [5.74, 6) is 0. The first kappa shape index (κ1) is 9.70. The van der Waals surface area contributed by atoms with Gasteiger partial charge in [0.1, 0.15) is 0 Å². The van der Waals surface area contributed by atoms with Crippen molar-refractivity contribution in [3.63, 3.8) is 0 Å². The summed E-state index contributed by atoms with van der Waals surface area (Å²) in [5.41, 5.74) is -1.51. The van der Waals surface area contributed by atoms with Crippen LogP contribution in [-0.2, 0) is 6.30 Å². The maximum absolute atomic E-state index is 12.5. The number of nitrogens with zero attached hydrogens (tertiary/aromatic N) is 2. The van der Waals surface area contributed by atoms with Crippen molar-refractivity contribution in [3.8, 4) is 0 Å². The molecule has 0 N–H and O–H groups in total. The molecule has 2 rings (SSSR count). The molecular weight excluding hydrogens is 209 g/mol. The minimum atomic E-state index is -4.75. The molecule has 6 heteroatoms. The second-order valence-corrected chi connectivity index (χ2v) is 2.90. The predicted octanol–water partition coefficient (Wildman–Crippen LogP) is 1.87. The molecule has 0 fully saturated rings. The first-order valence-corrected chi connectivity index (χ1v) is 4.04. The van der Waals surface area contributed by atoms with Gasteiger partial charge in [-0.2, -0.15) is 0 Å². The number of para-hydroxylation sites is 1. The number of hydrogen-bond donors (Lipinski definition) is 0. The third kappa shape index (κ3) is 1.58. The van der Waals surface area contributed by atoms with Gasteiger partial charge in [0, 0.05) is 11.6 Å². The molecule has 0 saturated heterocycles. The van der Waals surface area contributed by atoms with Gasteiger partial charge in [-0.3, -0.25) is 0 Å². The Hall–Kier alpha value is -1.85. The average Bonchev–Trinajstić information content (AvgIpc) is 2.15. The highest BCUT2D eigenvalue weighted by Crippen LogP contribution is 2.24. The van der Waals surface area contributed by atoms with Gasteiger partial charge in [0.15, 0.2) is 0 Å². The second-order valence-electron chi connectivity index (χ2n) is 2.90. The zero-order valence-electron chi connectivity index (χ0n) is 7.32. The van der Waals surface area contributed by atoms with Gasteiger partial charge in [0.05, 0.1) is 5.52 Å². The van der Waals surface area contributed by atoms with Crippen LogP contribution in [-0.4, -0.2) is 9.55 Å². The van der Waals surface area contributed by atoms with Crippen LogP contribution in [0.25, 0.3) is 10.9 Å². The predicted molar refractivity (Wildman–Crippen MR) is 47.3 cm³/mol. The van der Waals surface area contributed by atoms with Crippen molar-refractivity contribution in [1.29, 1.82) is 0 Å². The van der Waals surface area contributed by atoms with Crippen molar-refractivity contribution in [2.24, 2.45) is 0 Å². The maximum atomic E-state index is 12.5. The Balaban J connectivity index is 2.93. The lowest BCUT2D eigenvalue weighted by atomic mass is 10.2. The van der Waals surface area contributed by atoms with Crippen LogP contribution in [0.15, 0.2) is 35.3 Å². The van der Waals surface area contributed by atoms with Crippen LogP contribution < -0.4 is 5.69 Å². The Bertz CT molecular complexity index is 559. The fourth-order valence-electron chi connectivity index (χ4n) is 1.33. The summed E-state index contributed by atoms with van der Waals surface area (Å²) in [5, 5.41) is 0.273. The summed E-state index contributed by atoms with van der Waals surface area (Å²) in [6, 6.07) is 5.70. The summed E-state index contributed by atoms with van der Waals surface area (Å²) < 4.78 is 37.2. The van der Waals surface area contributed by atoms with E-state index in [1.165, 1.54) is 18.2 Å². The van der Waals surface area contributed by atoms with Crippen molar-refractivity contribution in [2.75, 3.05) is 0 Å². The number of aromatic nitrogens is 2. The summed E-state index contributed by atoms with van der Waals surface area (Å²) >= 11 is 0. The van der Waals surface area contributed by atoms with E-state index in [1.807, 2.05) is 0 Å². The van der Waals surface area contributed by atoms with Gasteiger partial charge in [0.25, 0.3) is 0 Å². The van der Waals surface area contributed by atoms with E-state index in [-0.39, 0.29) is 15.5 Å². The lowest BCUT2D eigenvalue weighted by molar-refractivity contribution is -0.203. The topological polar surface area (TPSA) is 34.9 Å². The Labute approximate surface area is 81.8 Å². The van der Waals surface area contributed by atoms with Crippen molar-refractivity contribution in [2.45, 2.75) is 6.30 Å². The van der Waals surface area contributed by atoms with E-state index in [1.54, 1.807) is 6.07 Å². The standard InChI is InChI=1S/C9H5F3N2O/c10-9(11,12)14-7-4-2-1-3-6(7)5-13-8(14)15/h1-5H. The molecule has 3 nitrogen and oxygen atoms in total. The molecule has 0 unspecified atom stereocenters. The Morgan fingerprint density at radius 3 is 2.53 bits per heavy atom. The molecule has 0 amide bonds. The van der Waals surface area contributed by atoms with E-state index < -0.39 is 12.0 Å². The Kier molecular flexibility index (Phi) is 1.99. The first-order chi connectivity index (χ1) is 7.00. The first-order valence-electron chi connectivity index (χ1n) is 4.04. The fourth-order valence-corrected chi connectivity index (χ4v) is 1.33. The highest BCUT2D eigenvalue weighted by atomic mass is 19.4. The zero-order valence-corrected chi connectivity index (χ0v) is 7.32. The number of fused-ring (bicyclic) bond motifs is 1. The molecule has 0 radical (unpaired) electrons. The van der Waals surface area contributed by atoms with Crippen LogP contribution >= 0.6 is 0 Å². The molecule has 1 aromatic heterocycles. The number of alkyl halides is 3. The molecule has 0 bridgehead atoms. The van der Waals surface area contributed by atoms with Crippen molar-refractivity contribution in [1.82, 2.24) is 9.55 Å². The second kappa shape index (κ2) is 3.08. The van der Waals surface area contributed by atoms with Gasteiger partial charge < -0.3 is 0 Å². The maximum Gasteiger partial charge on any atom is 0.493 e. The molecule has 0 spiro atoms. The summed E-state index contributed by atoms with van der Waals surface area (Å²) in [7, 11) is 0. The van der Waals surface area contributed by atoms with E-state index in [0.29, 0.717) is 0 Å². The van der Waals surface area contributed by atoms with Crippen LogP contribution in [0.5, 0.6) is 0 Å². The number of benzene rings is 1. The van der Waals surface area contributed by atoms with E-state index >= 15 is 0 Å². The molecule has 0 aliphatic heterocycles. The molecule has 2 aromatic rings. The van der Waals surface area contributed by atoms with Gasteiger partial charge in [-0.05, 0) is 6.07 Å². The molecule has 0 aliphatic rings. The van der Waals surface area contributed by atoms with Gasteiger partial charge >= 0.3 is 12.0 Å². The van der Waals surface area contributed by atoms with Crippen molar-refractivity contribution >= 4 is 10.9 Å². The Morgan fingerprint density at radius 1 is 1.20 bits per heavy atom. The highest BCUT2D eigenvalue weighted by Gasteiger charge is 2.33. The molecule has 15 heavy (non-hydrogen) atoms.